The summed E-state index contributed by atoms with van der Waals surface area (Å²) in [5.41, 5.74) is 4.51. The minimum Gasteiger partial charge on any atom is -0.305 e. The van der Waals surface area contributed by atoms with Gasteiger partial charge in [0.05, 0.1) is 16.7 Å². The second-order valence-corrected chi connectivity index (χ2v) is 7.13. The van der Waals surface area contributed by atoms with E-state index in [4.69, 9.17) is 0 Å². The van der Waals surface area contributed by atoms with Crippen molar-refractivity contribution in [2.75, 3.05) is 13.1 Å². The summed E-state index contributed by atoms with van der Waals surface area (Å²) >= 11 is 1.77. The molecule has 0 spiro atoms. The van der Waals surface area contributed by atoms with Crippen LogP contribution in [0.25, 0.3) is 0 Å². The number of nitrogens with zero attached hydrogens (tertiary/aromatic N) is 2. The van der Waals surface area contributed by atoms with Gasteiger partial charge in [-0.15, -0.1) is 11.3 Å². The highest BCUT2D eigenvalue weighted by Gasteiger charge is 2.35. The zero-order chi connectivity index (χ0) is 14.9. The van der Waals surface area contributed by atoms with Crippen molar-refractivity contribution in [1.82, 2.24) is 15.2 Å². The molecule has 2 heterocycles. The molecule has 112 valence electrons. The highest BCUT2D eigenvalue weighted by atomic mass is 32.1. The maximum Gasteiger partial charge on any atom is 0.0798 e. The molecule has 2 unspecified atom stereocenters. The van der Waals surface area contributed by atoms with Gasteiger partial charge in [-0.2, -0.15) is 0 Å². The highest BCUT2D eigenvalue weighted by molar-refractivity contribution is 7.09. The van der Waals surface area contributed by atoms with Crippen molar-refractivity contribution in [2.45, 2.75) is 38.9 Å². The number of benzene rings is 1. The molecule has 0 radical (unpaired) electrons. The van der Waals surface area contributed by atoms with Crippen LogP contribution < -0.4 is 5.32 Å². The van der Waals surface area contributed by atoms with Gasteiger partial charge in [0.15, 0.2) is 0 Å². The predicted molar refractivity (Wildman–Crippen MR) is 88.5 cm³/mol. The molecule has 1 aromatic heterocycles. The van der Waals surface area contributed by atoms with Gasteiger partial charge in [-0.1, -0.05) is 30.3 Å². The van der Waals surface area contributed by atoms with Gasteiger partial charge >= 0.3 is 0 Å². The van der Waals surface area contributed by atoms with Crippen LogP contribution >= 0.6 is 11.3 Å². The van der Waals surface area contributed by atoms with E-state index in [0.29, 0.717) is 6.04 Å². The number of aryl methyl sites for hydroxylation is 1. The van der Waals surface area contributed by atoms with E-state index in [1.807, 2.05) is 5.51 Å². The number of hydrogen-bond acceptors (Lipinski definition) is 4. The summed E-state index contributed by atoms with van der Waals surface area (Å²) in [7, 11) is 0. The molecule has 1 fully saturated rings. The van der Waals surface area contributed by atoms with E-state index >= 15 is 0 Å². The first-order chi connectivity index (χ1) is 10.1. The van der Waals surface area contributed by atoms with Gasteiger partial charge < -0.3 is 5.32 Å². The quantitative estimate of drug-likeness (QED) is 0.944. The molecule has 3 rings (SSSR count). The smallest absolute Gasteiger partial charge is 0.0798 e. The third kappa shape index (κ3) is 3.03. The van der Waals surface area contributed by atoms with Crippen LogP contribution in [0.4, 0.5) is 0 Å². The molecule has 0 amide bonds. The summed E-state index contributed by atoms with van der Waals surface area (Å²) in [5.74, 6) is 0. The Morgan fingerprint density at radius 2 is 2.14 bits per heavy atom. The Kier molecular flexibility index (Phi) is 4.11. The normalized spacial score (nSPS) is 26.9. The second kappa shape index (κ2) is 5.87. The lowest BCUT2D eigenvalue weighted by Crippen LogP contribution is -2.59. The number of aromatic nitrogens is 1. The van der Waals surface area contributed by atoms with Crippen molar-refractivity contribution in [3.63, 3.8) is 0 Å². The first-order valence-corrected chi connectivity index (χ1v) is 8.40. The molecular formula is C17H23N3S. The van der Waals surface area contributed by atoms with E-state index in [-0.39, 0.29) is 5.54 Å². The van der Waals surface area contributed by atoms with E-state index in [9.17, 15) is 0 Å². The van der Waals surface area contributed by atoms with E-state index < -0.39 is 0 Å². The largest absolute Gasteiger partial charge is 0.305 e. The fourth-order valence-electron chi connectivity index (χ4n) is 2.99. The Balaban J connectivity index is 1.80. The molecule has 0 bridgehead atoms. The molecule has 0 aliphatic carbocycles. The van der Waals surface area contributed by atoms with E-state index in [0.717, 1.165) is 19.6 Å². The molecule has 1 saturated heterocycles. The van der Waals surface area contributed by atoms with Gasteiger partial charge in [0.25, 0.3) is 0 Å². The maximum absolute atomic E-state index is 4.38. The van der Waals surface area contributed by atoms with Gasteiger partial charge in [0.1, 0.15) is 0 Å². The van der Waals surface area contributed by atoms with Crippen molar-refractivity contribution in [3.05, 3.63) is 52.0 Å². The third-order valence-corrected chi connectivity index (χ3v) is 5.45. The van der Waals surface area contributed by atoms with Crippen LogP contribution in [0.2, 0.25) is 0 Å². The Bertz CT molecular complexity index is 595. The fourth-order valence-corrected chi connectivity index (χ4v) is 3.80. The van der Waals surface area contributed by atoms with Gasteiger partial charge in [0, 0.05) is 30.6 Å². The van der Waals surface area contributed by atoms with Crippen LogP contribution in [0.15, 0.2) is 35.8 Å². The molecule has 1 aliphatic rings. The lowest BCUT2D eigenvalue weighted by molar-refractivity contribution is 0.0885. The monoisotopic (exact) mass is 301 g/mol. The van der Waals surface area contributed by atoms with Crippen molar-refractivity contribution < 1.29 is 0 Å². The van der Waals surface area contributed by atoms with Crippen LogP contribution in [-0.2, 0) is 12.1 Å². The number of rotatable bonds is 3. The van der Waals surface area contributed by atoms with Crippen molar-refractivity contribution in [2.24, 2.45) is 0 Å². The molecule has 2 aromatic rings. The Hall–Kier alpha value is -1.23. The van der Waals surface area contributed by atoms with Crippen LogP contribution in [0.3, 0.4) is 0 Å². The maximum atomic E-state index is 4.38. The summed E-state index contributed by atoms with van der Waals surface area (Å²) in [5, 5.41) is 3.73. The molecule has 1 aliphatic heterocycles. The zero-order valence-electron chi connectivity index (χ0n) is 13.0. The summed E-state index contributed by atoms with van der Waals surface area (Å²) < 4.78 is 0. The molecule has 3 nitrogen and oxygen atoms in total. The van der Waals surface area contributed by atoms with E-state index in [1.165, 1.54) is 16.1 Å². The number of nitrogens with one attached hydrogen (secondary N) is 1. The summed E-state index contributed by atoms with van der Waals surface area (Å²) in [6.07, 6.45) is 0. The molecule has 2 atom stereocenters. The number of hydrogen-bond donors (Lipinski definition) is 1. The minimum absolute atomic E-state index is 0.0202. The van der Waals surface area contributed by atoms with Crippen molar-refractivity contribution >= 4 is 11.3 Å². The van der Waals surface area contributed by atoms with Crippen LogP contribution in [0.1, 0.15) is 30.0 Å². The molecule has 0 saturated carbocycles. The predicted octanol–water partition coefficient (Wildman–Crippen LogP) is 3.16. The second-order valence-electron chi connectivity index (χ2n) is 6.19. The third-order valence-electron chi connectivity index (χ3n) is 4.53. The Morgan fingerprint density at radius 3 is 2.81 bits per heavy atom. The summed E-state index contributed by atoms with van der Waals surface area (Å²) in [6.45, 7) is 9.75. The van der Waals surface area contributed by atoms with Crippen LogP contribution in [0, 0.1) is 6.92 Å². The molecular weight excluding hydrogens is 278 g/mol. The Morgan fingerprint density at radius 1 is 1.38 bits per heavy atom. The number of thiazole rings is 1. The molecule has 21 heavy (non-hydrogen) atoms. The highest BCUT2D eigenvalue weighted by Crippen LogP contribution is 2.28. The minimum atomic E-state index is 0.0202. The number of piperazine rings is 1. The average Bonchev–Trinajstić information content (AvgIpc) is 2.89. The molecule has 4 heteroatoms. The van der Waals surface area contributed by atoms with Gasteiger partial charge in [-0.05, 0) is 26.3 Å². The summed E-state index contributed by atoms with van der Waals surface area (Å²) in [6, 6.07) is 11.3. The summed E-state index contributed by atoms with van der Waals surface area (Å²) in [4.78, 5) is 8.34. The standard InChI is InChI=1S/C17H23N3S/c1-13-9-19-17(3,15-7-5-4-6-8-15)11-20(13)10-16-14(2)18-12-21-16/h4-8,12-13,19H,9-11H2,1-3H3. The van der Waals surface area contributed by atoms with Gasteiger partial charge in [0.2, 0.25) is 0 Å². The first kappa shape index (κ1) is 14.7. The van der Waals surface area contributed by atoms with Crippen molar-refractivity contribution in [3.8, 4) is 0 Å². The Labute approximate surface area is 131 Å². The first-order valence-electron chi connectivity index (χ1n) is 7.52. The van der Waals surface area contributed by atoms with E-state index in [2.05, 4.69) is 66.3 Å². The SMILES string of the molecule is Cc1ncsc1CN1CC(C)(c2ccccc2)NCC1C. The lowest BCUT2D eigenvalue weighted by atomic mass is 9.88. The van der Waals surface area contributed by atoms with Crippen LogP contribution in [-0.4, -0.2) is 29.0 Å². The fraction of sp³-hybridized carbons (Fsp3) is 0.471. The average molecular weight is 301 g/mol. The molecule has 1 aromatic carbocycles. The van der Waals surface area contributed by atoms with E-state index in [1.54, 1.807) is 11.3 Å². The van der Waals surface area contributed by atoms with Crippen LogP contribution in [0.5, 0.6) is 0 Å². The topological polar surface area (TPSA) is 28.2 Å². The van der Waals surface area contributed by atoms with Crippen molar-refractivity contribution in [1.29, 1.82) is 0 Å². The molecule has 1 N–H and O–H groups in total. The van der Waals surface area contributed by atoms with Gasteiger partial charge in [-0.3, -0.25) is 4.90 Å². The lowest BCUT2D eigenvalue weighted by Gasteiger charge is -2.45. The zero-order valence-corrected chi connectivity index (χ0v) is 13.8. The van der Waals surface area contributed by atoms with Gasteiger partial charge in [-0.25, -0.2) is 4.98 Å².